The highest BCUT2D eigenvalue weighted by Crippen LogP contribution is 2.13. The van der Waals surface area contributed by atoms with Gasteiger partial charge in [0.15, 0.2) is 0 Å². The summed E-state index contributed by atoms with van der Waals surface area (Å²) in [5.74, 6) is -0.165. The van der Waals surface area contributed by atoms with Crippen LogP contribution in [0.1, 0.15) is 11.1 Å². The van der Waals surface area contributed by atoms with Crippen LogP contribution < -0.4 is 5.32 Å². The molecule has 0 spiro atoms. The number of H-pyrrole nitrogens is 1. The van der Waals surface area contributed by atoms with Crippen LogP contribution in [0.2, 0.25) is 0 Å². The van der Waals surface area contributed by atoms with Gasteiger partial charge in [0.1, 0.15) is 0 Å². The number of benzene rings is 1. The number of nitrogens with one attached hydrogen (secondary N) is 2. The predicted octanol–water partition coefficient (Wildman–Crippen LogP) is 1.78. The van der Waals surface area contributed by atoms with Crippen molar-refractivity contribution in [3.63, 3.8) is 0 Å². The van der Waals surface area contributed by atoms with Crippen LogP contribution in [0, 0.1) is 10.1 Å². The summed E-state index contributed by atoms with van der Waals surface area (Å²) in [5, 5.41) is 13.4. The summed E-state index contributed by atoms with van der Waals surface area (Å²) in [4.78, 5) is 24.7. The normalized spacial score (nSPS) is 10.1. The first-order chi connectivity index (χ1) is 9.15. The summed E-state index contributed by atoms with van der Waals surface area (Å²) >= 11 is 0. The van der Waals surface area contributed by atoms with Gasteiger partial charge < -0.3 is 10.3 Å². The Morgan fingerprint density at radius 3 is 2.84 bits per heavy atom. The molecule has 0 saturated carbocycles. The highest BCUT2D eigenvalue weighted by Gasteiger charge is 2.08. The molecule has 1 aromatic carbocycles. The molecule has 1 amide bonds. The number of non-ortho nitro benzene ring substituents is 1. The zero-order valence-corrected chi connectivity index (χ0v) is 10.1. The molecule has 0 radical (unpaired) electrons. The standard InChI is InChI=1S/C13H13N3O3/c17-13(15-9-11-4-5-14-8-11)7-10-2-1-3-12(6-10)16(18)19/h1-6,8,14H,7,9H2,(H,15,17). The molecule has 0 aliphatic rings. The molecular formula is C13H13N3O3. The minimum atomic E-state index is -0.471. The lowest BCUT2D eigenvalue weighted by Gasteiger charge is -2.04. The number of nitro groups is 1. The summed E-state index contributed by atoms with van der Waals surface area (Å²) in [6.07, 6.45) is 3.71. The van der Waals surface area contributed by atoms with E-state index in [1.807, 2.05) is 6.07 Å². The average Bonchev–Trinajstić information content (AvgIpc) is 2.90. The predicted molar refractivity (Wildman–Crippen MR) is 69.4 cm³/mol. The van der Waals surface area contributed by atoms with Gasteiger partial charge in [-0.15, -0.1) is 0 Å². The van der Waals surface area contributed by atoms with E-state index in [4.69, 9.17) is 0 Å². The first-order valence-electron chi connectivity index (χ1n) is 5.77. The Labute approximate surface area is 109 Å². The minimum absolute atomic E-state index is 0.00376. The van der Waals surface area contributed by atoms with E-state index in [1.54, 1.807) is 24.5 Å². The molecule has 19 heavy (non-hydrogen) atoms. The van der Waals surface area contributed by atoms with Gasteiger partial charge >= 0.3 is 0 Å². The van der Waals surface area contributed by atoms with Crippen LogP contribution in [0.25, 0.3) is 0 Å². The molecule has 0 unspecified atom stereocenters. The first kappa shape index (κ1) is 12.8. The third-order valence-electron chi connectivity index (χ3n) is 2.64. The van der Waals surface area contributed by atoms with Crippen molar-refractivity contribution >= 4 is 11.6 Å². The van der Waals surface area contributed by atoms with Crippen molar-refractivity contribution in [3.8, 4) is 0 Å². The van der Waals surface area contributed by atoms with Crippen LogP contribution in [0.5, 0.6) is 0 Å². The van der Waals surface area contributed by atoms with Gasteiger partial charge in [0.05, 0.1) is 11.3 Å². The fourth-order valence-corrected chi connectivity index (χ4v) is 1.70. The maximum absolute atomic E-state index is 11.7. The quantitative estimate of drug-likeness (QED) is 0.633. The lowest BCUT2D eigenvalue weighted by molar-refractivity contribution is -0.384. The molecular weight excluding hydrogens is 246 g/mol. The van der Waals surface area contributed by atoms with Gasteiger partial charge in [-0.25, -0.2) is 0 Å². The number of aromatic amines is 1. The third kappa shape index (κ3) is 3.67. The fourth-order valence-electron chi connectivity index (χ4n) is 1.70. The molecule has 0 saturated heterocycles. The Hall–Kier alpha value is -2.63. The second-order valence-electron chi connectivity index (χ2n) is 4.10. The summed E-state index contributed by atoms with van der Waals surface area (Å²) in [7, 11) is 0. The van der Waals surface area contributed by atoms with Gasteiger partial charge in [-0.3, -0.25) is 14.9 Å². The number of rotatable bonds is 5. The lowest BCUT2D eigenvalue weighted by atomic mass is 10.1. The molecule has 98 valence electrons. The van der Waals surface area contributed by atoms with Crippen molar-refractivity contribution in [1.29, 1.82) is 0 Å². The second-order valence-corrected chi connectivity index (χ2v) is 4.10. The van der Waals surface area contributed by atoms with Gasteiger partial charge in [0.25, 0.3) is 5.69 Å². The zero-order chi connectivity index (χ0) is 13.7. The summed E-state index contributed by atoms with van der Waals surface area (Å²) in [6.45, 7) is 0.442. The van der Waals surface area contributed by atoms with Gasteiger partial charge in [0.2, 0.25) is 5.91 Å². The lowest BCUT2D eigenvalue weighted by Crippen LogP contribution is -2.24. The van der Waals surface area contributed by atoms with E-state index < -0.39 is 4.92 Å². The third-order valence-corrected chi connectivity index (χ3v) is 2.64. The molecule has 1 heterocycles. The number of aromatic nitrogens is 1. The number of nitrogens with zero attached hydrogens (tertiary/aromatic N) is 1. The fraction of sp³-hybridized carbons (Fsp3) is 0.154. The van der Waals surface area contributed by atoms with Crippen molar-refractivity contribution in [2.24, 2.45) is 0 Å². The van der Waals surface area contributed by atoms with Crippen molar-refractivity contribution < 1.29 is 9.72 Å². The molecule has 1 aromatic heterocycles. The van der Waals surface area contributed by atoms with Crippen LogP contribution >= 0.6 is 0 Å². The number of carbonyl (C=O) groups is 1. The maximum atomic E-state index is 11.7. The molecule has 6 heteroatoms. The molecule has 6 nitrogen and oxygen atoms in total. The van der Waals surface area contributed by atoms with Crippen molar-refractivity contribution in [2.75, 3.05) is 0 Å². The number of hydrogen-bond donors (Lipinski definition) is 2. The average molecular weight is 259 g/mol. The topological polar surface area (TPSA) is 88.0 Å². The van der Waals surface area contributed by atoms with Crippen molar-refractivity contribution in [2.45, 2.75) is 13.0 Å². The molecule has 0 atom stereocenters. The SMILES string of the molecule is O=C(Cc1cccc([N+](=O)[O-])c1)NCc1cc[nH]c1. The number of nitro benzene ring substituents is 1. The summed E-state index contributed by atoms with van der Waals surface area (Å²) in [6, 6.07) is 7.96. The minimum Gasteiger partial charge on any atom is -0.367 e. The summed E-state index contributed by atoms with van der Waals surface area (Å²) in [5.41, 5.74) is 1.60. The van der Waals surface area contributed by atoms with Crippen LogP contribution in [-0.2, 0) is 17.8 Å². The molecule has 0 fully saturated rings. The van der Waals surface area contributed by atoms with Gasteiger partial charge in [-0.1, -0.05) is 12.1 Å². The van der Waals surface area contributed by atoms with E-state index in [-0.39, 0.29) is 18.0 Å². The monoisotopic (exact) mass is 259 g/mol. The van der Waals surface area contributed by atoms with Crippen LogP contribution in [0.3, 0.4) is 0 Å². The Morgan fingerprint density at radius 1 is 1.32 bits per heavy atom. The van der Waals surface area contributed by atoms with Crippen LogP contribution in [0.4, 0.5) is 5.69 Å². The van der Waals surface area contributed by atoms with E-state index in [1.165, 1.54) is 12.1 Å². The molecule has 2 N–H and O–H groups in total. The highest BCUT2D eigenvalue weighted by atomic mass is 16.6. The van der Waals surface area contributed by atoms with Gasteiger partial charge in [-0.05, 0) is 17.2 Å². The van der Waals surface area contributed by atoms with E-state index in [0.717, 1.165) is 5.56 Å². The number of hydrogen-bond acceptors (Lipinski definition) is 3. The van der Waals surface area contributed by atoms with Crippen molar-refractivity contribution in [1.82, 2.24) is 10.3 Å². The Balaban J connectivity index is 1.91. The first-order valence-corrected chi connectivity index (χ1v) is 5.77. The smallest absolute Gasteiger partial charge is 0.269 e. The molecule has 0 aliphatic carbocycles. The number of amides is 1. The molecule has 0 bridgehead atoms. The maximum Gasteiger partial charge on any atom is 0.269 e. The van der Waals surface area contributed by atoms with Gasteiger partial charge in [-0.2, -0.15) is 0 Å². The Kier molecular flexibility index (Phi) is 3.92. The molecule has 2 rings (SSSR count). The summed E-state index contributed by atoms with van der Waals surface area (Å²) < 4.78 is 0. The zero-order valence-electron chi connectivity index (χ0n) is 10.1. The van der Waals surface area contributed by atoms with E-state index in [0.29, 0.717) is 12.1 Å². The van der Waals surface area contributed by atoms with E-state index >= 15 is 0 Å². The van der Waals surface area contributed by atoms with Crippen LogP contribution in [0.15, 0.2) is 42.7 Å². The molecule has 0 aliphatic heterocycles. The molecule has 2 aromatic rings. The largest absolute Gasteiger partial charge is 0.367 e. The van der Waals surface area contributed by atoms with Crippen LogP contribution in [-0.4, -0.2) is 15.8 Å². The number of carbonyl (C=O) groups excluding carboxylic acids is 1. The Bertz CT molecular complexity index is 579. The second kappa shape index (κ2) is 5.81. The van der Waals surface area contributed by atoms with Crippen molar-refractivity contribution in [3.05, 3.63) is 64.0 Å². The van der Waals surface area contributed by atoms with E-state index in [9.17, 15) is 14.9 Å². The van der Waals surface area contributed by atoms with E-state index in [2.05, 4.69) is 10.3 Å². The highest BCUT2D eigenvalue weighted by molar-refractivity contribution is 5.78. The van der Waals surface area contributed by atoms with Gasteiger partial charge in [0, 0.05) is 31.1 Å². The Morgan fingerprint density at radius 2 is 2.16 bits per heavy atom.